The molecule has 1 aliphatic rings. The van der Waals surface area contributed by atoms with E-state index in [1.54, 1.807) is 6.07 Å². The molecule has 0 aromatic heterocycles. The Morgan fingerprint density at radius 3 is 2.94 bits per heavy atom. The number of rotatable bonds is 3. The Balaban J connectivity index is 1.97. The van der Waals surface area contributed by atoms with Crippen molar-refractivity contribution in [2.45, 2.75) is 32.4 Å². The fourth-order valence-corrected chi connectivity index (χ4v) is 1.95. The van der Waals surface area contributed by atoms with E-state index in [-0.39, 0.29) is 23.7 Å². The second-order valence-electron chi connectivity index (χ2n) is 4.46. The molecule has 4 nitrogen and oxygen atoms in total. The van der Waals surface area contributed by atoms with Crippen LogP contribution >= 0.6 is 0 Å². The molecule has 1 saturated heterocycles. The van der Waals surface area contributed by atoms with E-state index in [2.05, 4.69) is 10.6 Å². The molecule has 1 heterocycles. The molecular weight excluding hydrogens is 235 g/mol. The molecule has 1 atom stereocenters. The normalized spacial score (nSPS) is 19.8. The van der Waals surface area contributed by atoms with Gasteiger partial charge in [-0.05, 0) is 36.6 Å². The van der Waals surface area contributed by atoms with E-state index >= 15 is 0 Å². The smallest absolute Gasteiger partial charge is 0.243 e. The molecule has 1 aliphatic heterocycles. The summed E-state index contributed by atoms with van der Waals surface area (Å²) in [7, 11) is 0. The number of aryl methyl sites for hydroxylation is 1. The molecular formula is C13H15FN2O2. The van der Waals surface area contributed by atoms with Crippen LogP contribution in [-0.4, -0.2) is 17.9 Å². The van der Waals surface area contributed by atoms with Gasteiger partial charge in [-0.25, -0.2) is 4.39 Å². The van der Waals surface area contributed by atoms with Gasteiger partial charge in [0.25, 0.3) is 0 Å². The third-order valence-corrected chi connectivity index (χ3v) is 3.09. The zero-order valence-corrected chi connectivity index (χ0v) is 10.1. The fourth-order valence-electron chi connectivity index (χ4n) is 1.95. The summed E-state index contributed by atoms with van der Waals surface area (Å²) in [6.07, 6.45) is 0.824. The van der Waals surface area contributed by atoms with Gasteiger partial charge in [-0.15, -0.1) is 0 Å². The number of imide groups is 1. The molecule has 1 aromatic rings. The molecule has 0 aliphatic carbocycles. The van der Waals surface area contributed by atoms with Crippen LogP contribution in [0.5, 0.6) is 0 Å². The van der Waals surface area contributed by atoms with Gasteiger partial charge in [0.2, 0.25) is 11.8 Å². The zero-order valence-electron chi connectivity index (χ0n) is 10.1. The molecule has 0 bridgehead atoms. The first-order valence-electron chi connectivity index (χ1n) is 5.88. The minimum absolute atomic E-state index is 0.236. The summed E-state index contributed by atoms with van der Waals surface area (Å²) in [6.45, 7) is 2.30. The largest absolute Gasteiger partial charge is 0.302 e. The molecule has 5 heteroatoms. The lowest BCUT2D eigenvalue weighted by Crippen LogP contribution is -2.50. The Kier molecular flexibility index (Phi) is 3.72. The van der Waals surface area contributed by atoms with Crippen LogP contribution in [0.25, 0.3) is 0 Å². The number of piperidine rings is 1. The van der Waals surface area contributed by atoms with Crippen LogP contribution in [0.3, 0.4) is 0 Å². The van der Waals surface area contributed by atoms with E-state index in [1.165, 1.54) is 12.1 Å². The molecule has 2 amide bonds. The minimum Gasteiger partial charge on any atom is -0.302 e. The maximum Gasteiger partial charge on any atom is 0.243 e. The van der Waals surface area contributed by atoms with E-state index in [0.29, 0.717) is 19.4 Å². The lowest BCUT2D eigenvalue weighted by molar-refractivity contribution is -0.134. The van der Waals surface area contributed by atoms with Crippen molar-refractivity contribution in [2.24, 2.45) is 0 Å². The number of nitrogens with one attached hydrogen (secondary N) is 2. The van der Waals surface area contributed by atoms with Crippen molar-refractivity contribution in [3.8, 4) is 0 Å². The third kappa shape index (κ3) is 2.92. The van der Waals surface area contributed by atoms with E-state index in [9.17, 15) is 14.0 Å². The molecule has 2 rings (SSSR count). The molecule has 1 unspecified atom stereocenters. The van der Waals surface area contributed by atoms with Gasteiger partial charge >= 0.3 is 0 Å². The van der Waals surface area contributed by atoms with E-state index in [1.807, 2.05) is 6.92 Å². The quantitative estimate of drug-likeness (QED) is 0.788. The number of benzene rings is 1. The summed E-state index contributed by atoms with van der Waals surface area (Å²) in [5.74, 6) is -0.832. The van der Waals surface area contributed by atoms with Crippen LogP contribution in [0.2, 0.25) is 0 Å². The predicted molar refractivity (Wildman–Crippen MR) is 64.1 cm³/mol. The van der Waals surface area contributed by atoms with E-state index < -0.39 is 0 Å². The minimum atomic E-state index is -0.384. The number of hydrogen-bond acceptors (Lipinski definition) is 3. The summed E-state index contributed by atoms with van der Waals surface area (Å²) >= 11 is 0. The van der Waals surface area contributed by atoms with Gasteiger partial charge in [0.1, 0.15) is 5.82 Å². The summed E-state index contributed by atoms with van der Waals surface area (Å²) in [6, 6.07) is 4.18. The van der Waals surface area contributed by atoms with Crippen molar-refractivity contribution in [2.75, 3.05) is 0 Å². The highest BCUT2D eigenvalue weighted by Gasteiger charge is 2.25. The Morgan fingerprint density at radius 2 is 2.22 bits per heavy atom. The number of halogens is 1. The van der Waals surface area contributed by atoms with Crippen molar-refractivity contribution in [1.82, 2.24) is 10.6 Å². The molecule has 1 aromatic carbocycles. The average molecular weight is 250 g/mol. The Bertz CT molecular complexity index is 488. The Labute approximate surface area is 105 Å². The van der Waals surface area contributed by atoms with Gasteiger partial charge in [0, 0.05) is 13.0 Å². The summed E-state index contributed by atoms with van der Waals surface area (Å²) < 4.78 is 13.1. The SMILES string of the molecule is Cc1ccc(F)cc1CNC1CCC(=O)NC1=O. The van der Waals surface area contributed by atoms with Crippen molar-refractivity contribution in [3.63, 3.8) is 0 Å². The van der Waals surface area contributed by atoms with Gasteiger partial charge in [0.05, 0.1) is 6.04 Å². The maximum absolute atomic E-state index is 13.1. The van der Waals surface area contributed by atoms with Crippen LogP contribution in [0, 0.1) is 12.7 Å². The van der Waals surface area contributed by atoms with Gasteiger partial charge in [-0.3, -0.25) is 14.9 Å². The van der Waals surface area contributed by atoms with Gasteiger partial charge in [0.15, 0.2) is 0 Å². The molecule has 0 radical (unpaired) electrons. The van der Waals surface area contributed by atoms with Crippen LogP contribution in [0.15, 0.2) is 18.2 Å². The van der Waals surface area contributed by atoms with Gasteiger partial charge in [-0.2, -0.15) is 0 Å². The Morgan fingerprint density at radius 1 is 1.44 bits per heavy atom. The van der Waals surface area contributed by atoms with Crippen LogP contribution in [-0.2, 0) is 16.1 Å². The van der Waals surface area contributed by atoms with Crippen molar-refractivity contribution >= 4 is 11.8 Å². The highest BCUT2D eigenvalue weighted by Crippen LogP contribution is 2.11. The first-order chi connectivity index (χ1) is 8.56. The molecule has 18 heavy (non-hydrogen) atoms. The van der Waals surface area contributed by atoms with Crippen molar-refractivity contribution in [3.05, 3.63) is 35.1 Å². The molecule has 1 fully saturated rings. The van der Waals surface area contributed by atoms with E-state index in [0.717, 1.165) is 11.1 Å². The summed E-state index contributed by atoms with van der Waals surface area (Å²) in [5.41, 5.74) is 1.79. The fraction of sp³-hybridized carbons (Fsp3) is 0.385. The second-order valence-corrected chi connectivity index (χ2v) is 4.46. The molecule has 2 N–H and O–H groups in total. The zero-order chi connectivity index (χ0) is 13.1. The van der Waals surface area contributed by atoms with Gasteiger partial charge in [-0.1, -0.05) is 6.07 Å². The molecule has 96 valence electrons. The number of carbonyl (C=O) groups excluding carboxylic acids is 2. The monoisotopic (exact) mass is 250 g/mol. The average Bonchev–Trinajstić information content (AvgIpc) is 2.32. The number of hydrogen-bond donors (Lipinski definition) is 2. The Hall–Kier alpha value is -1.75. The summed E-state index contributed by atoms with van der Waals surface area (Å²) in [4.78, 5) is 22.5. The predicted octanol–water partition coefficient (Wildman–Crippen LogP) is 1.03. The van der Waals surface area contributed by atoms with Crippen LogP contribution < -0.4 is 10.6 Å². The summed E-state index contributed by atoms with van der Waals surface area (Å²) in [5, 5.41) is 5.32. The third-order valence-electron chi connectivity index (χ3n) is 3.09. The van der Waals surface area contributed by atoms with Gasteiger partial charge < -0.3 is 5.32 Å². The van der Waals surface area contributed by atoms with Crippen molar-refractivity contribution in [1.29, 1.82) is 0 Å². The van der Waals surface area contributed by atoms with Crippen LogP contribution in [0.1, 0.15) is 24.0 Å². The number of carbonyl (C=O) groups is 2. The number of amides is 2. The maximum atomic E-state index is 13.1. The second kappa shape index (κ2) is 5.27. The van der Waals surface area contributed by atoms with Crippen LogP contribution in [0.4, 0.5) is 4.39 Å². The van der Waals surface area contributed by atoms with Crippen molar-refractivity contribution < 1.29 is 14.0 Å². The standard InChI is InChI=1S/C13H15FN2O2/c1-8-2-3-10(14)6-9(8)7-15-11-4-5-12(17)16-13(11)18/h2-3,6,11,15H,4-5,7H2,1H3,(H,16,17,18). The molecule has 0 saturated carbocycles. The lowest BCUT2D eigenvalue weighted by atomic mass is 10.0. The van der Waals surface area contributed by atoms with E-state index in [4.69, 9.17) is 0 Å². The topological polar surface area (TPSA) is 58.2 Å². The highest BCUT2D eigenvalue weighted by molar-refractivity contribution is 6.00. The lowest BCUT2D eigenvalue weighted by Gasteiger charge is -2.22. The first-order valence-corrected chi connectivity index (χ1v) is 5.88. The first kappa shape index (κ1) is 12.7. The molecule has 0 spiro atoms. The highest BCUT2D eigenvalue weighted by atomic mass is 19.1.